The van der Waals surface area contributed by atoms with Gasteiger partial charge in [0.25, 0.3) is 0 Å². The van der Waals surface area contributed by atoms with Gasteiger partial charge >= 0.3 is 0 Å². The smallest absolute Gasteiger partial charge is 0.194 e. The van der Waals surface area contributed by atoms with Crippen LogP contribution in [0, 0.1) is 13.8 Å². The number of benzene rings is 1. The molecule has 0 amide bonds. The highest BCUT2D eigenvalue weighted by Crippen LogP contribution is 2.31. The lowest BCUT2D eigenvalue weighted by atomic mass is 10.1. The van der Waals surface area contributed by atoms with E-state index in [9.17, 15) is 9.90 Å². The van der Waals surface area contributed by atoms with E-state index in [-0.39, 0.29) is 11.5 Å². The summed E-state index contributed by atoms with van der Waals surface area (Å²) < 4.78 is 5.44. The number of hydrogen-bond donors (Lipinski definition) is 1. The predicted octanol–water partition coefficient (Wildman–Crippen LogP) is 2.96. The van der Waals surface area contributed by atoms with Crippen molar-refractivity contribution in [3.63, 3.8) is 0 Å². The minimum atomic E-state index is -0.109. The minimum absolute atomic E-state index is 0.109. The third-order valence-electron chi connectivity index (χ3n) is 2.69. The van der Waals surface area contributed by atoms with Crippen molar-refractivity contribution in [1.29, 1.82) is 0 Å². The summed E-state index contributed by atoms with van der Waals surface area (Å²) in [6.45, 7) is 5.14. The summed E-state index contributed by atoms with van der Waals surface area (Å²) in [5.41, 5.74) is 2.33. The van der Waals surface area contributed by atoms with E-state index >= 15 is 0 Å². The van der Waals surface area contributed by atoms with Crippen LogP contribution in [0.5, 0.6) is 5.75 Å². The first-order valence-corrected chi connectivity index (χ1v) is 4.74. The number of hydrogen-bond acceptors (Lipinski definition) is 3. The number of aromatic hydroxyl groups is 1. The SMILES string of the molecule is CC(=O)c1cc2cc(O)c(C)c(C)c2o1. The number of ketones is 1. The topological polar surface area (TPSA) is 50.4 Å². The molecule has 0 saturated heterocycles. The van der Waals surface area contributed by atoms with Crippen LogP contribution in [-0.4, -0.2) is 10.9 Å². The zero-order valence-electron chi connectivity index (χ0n) is 8.92. The Morgan fingerprint density at radius 1 is 1.27 bits per heavy atom. The van der Waals surface area contributed by atoms with Crippen LogP contribution in [0.2, 0.25) is 0 Å². The number of rotatable bonds is 1. The van der Waals surface area contributed by atoms with Crippen molar-refractivity contribution < 1.29 is 14.3 Å². The van der Waals surface area contributed by atoms with Gasteiger partial charge in [0, 0.05) is 12.3 Å². The van der Waals surface area contributed by atoms with E-state index in [4.69, 9.17) is 4.42 Å². The van der Waals surface area contributed by atoms with E-state index in [1.165, 1.54) is 6.92 Å². The molecular weight excluding hydrogens is 192 g/mol. The molecule has 0 saturated carbocycles. The Kier molecular flexibility index (Phi) is 2.03. The first kappa shape index (κ1) is 9.77. The first-order chi connectivity index (χ1) is 7.00. The average molecular weight is 204 g/mol. The summed E-state index contributed by atoms with van der Waals surface area (Å²) in [5.74, 6) is 0.455. The van der Waals surface area contributed by atoms with Crippen LogP contribution >= 0.6 is 0 Å². The highest BCUT2D eigenvalue weighted by Gasteiger charge is 2.13. The van der Waals surface area contributed by atoms with Crippen LogP contribution in [0.4, 0.5) is 0 Å². The van der Waals surface area contributed by atoms with Crippen LogP contribution < -0.4 is 0 Å². The van der Waals surface area contributed by atoms with Gasteiger partial charge in [-0.25, -0.2) is 0 Å². The molecule has 1 N–H and O–H groups in total. The number of carbonyl (C=O) groups is 1. The van der Waals surface area contributed by atoms with Gasteiger partial charge in [0.2, 0.25) is 0 Å². The summed E-state index contributed by atoms with van der Waals surface area (Å²) in [5, 5.41) is 10.4. The van der Waals surface area contributed by atoms with E-state index in [1.807, 2.05) is 13.8 Å². The fourth-order valence-electron chi connectivity index (χ4n) is 1.60. The van der Waals surface area contributed by atoms with Gasteiger partial charge in [-0.2, -0.15) is 0 Å². The fourth-order valence-corrected chi connectivity index (χ4v) is 1.60. The van der Waals surface area contributed by atoms with Crippen molar-refractivity contribution in [2.45, 2.75) is 20.8 Å². The van der Waals surface area contributed by atoms with Gasteiger partial charge in [-0.1, -0.05) is 0 Å². The second kappa shape index (κ2) is 3.12. The van der Waals surface area contributed by atoms with Gasteiger partial charge in [0.1, 0.15) is 11.3 Å². The standard InChI is InChI=1S/C12H12O3/c1-6-7(2)12-9(4-10(6)14)5-11(15-12)8(3)13/h4-5,14H,1-3H3. The largest absolute Gasteiger partial charge is 0.508 e. The number of Topliss-reactive ketones (excluding diaryl/α,β-unsaturated/α-hetero) is 1. The highest BCUT2D eigenvalue weighted by molar-refractivity contribution is 5.97. The van der Waals surface area contributed by atoms with Crippen LogP contribution in [0.1, 0.15) is 28.6 Å². The van der Waals surface area contributed by atoms with E-state index in [0.29, 0.717) is 11.3 Å². The predicted molar refractivity (Wildman–Crippen MR) is 57.4 cm³/mol. The molecule has 78 valence electrons. The molecule has 0 spiro atoms. The van der Waals surface area contributed by atoms with Crippen LogP contribution in [0.3, 0.4) is 0 Å². The summed E-state index contributed by atoms with van der Waals surface area (Å²) >= 11 is 0. The van der Waals surface area contributed by atoms with Gasteiger partial charge in [-0.3, -0.25) is 4.79 Å². The maximum absolute atomic E-state index is 11.1. The highest BCUT2D eigenvalue weighted by atomic mass is 16.3. The summed E-state index contributed by atoms with van der Waals surface area (Å²) in [6.07, 6.45) is 0. The Bertz CT molecular complexity index is 549. The number of phenols is 1. The van der Waals surface area contributed by atoms with Crippen molar-refractivity contribution in [1.82, 2.24) is 0 Å². The molecule has 15 heavy (non-hydrogen) atoms. The maximum atomic E-state index is 11.1. The molecule has 0 bridgehead atoms. The quantitative estimate of drug-likeness (QED) is 0.726. The van der Waals surface area contributed by atoms with Gasteiger partial charge < -0.3 is 9.52 Å². The number of phenolic OH excluding ortho intramolecular Hbond substituents is 1. The van der Waals surface area contributed by atoms with Crippen molar-refractivity contribution in [3.8, 4) is 5.75 Å². The number of furan rings is 1. The zero-order chi connectivity index (χ0) is 11.2. The molecule has 2 aromatic rings. The molecular formula is C12H12O3. The molecule has 1 heterocycles. The van der Waals surface area contributed by atoms with E-state index in [1.54, 1.807) is 12.1 Å². The van der Waals surface area contributed by atoms with Gasteiger partial charge in [0.15, 0.2) is 11.5 Å². The van der Waals surface area contributed by atoms with Crippen LogP contribution in [0.25, 0.3) is 11.0 Å². The lowest BCUT2D eigenvalue weighted by Gasteiger charge is -2.02. The Labute approximate surface area is 87.3 Å². The van der Waals surface area contributed by atoms with E-state index < -0.39 is 0 Å². The zero-order valence-corrected chi connectivity index (χ0v) is 8.92. The maximum Gasteiger partial charge on any atom is 0.194 e. The monoisotopic (exact) mass is 204 g/mol. The third-order valence-corrected chi connectivity index (χ3v) is 2.69. The van der Waals surface area contributed by atoms with Crippen LogP contribution in [-0.2, 0) is 0 Å². The van der Waals surface area contributed by atoms with Crippen molar-refractivity contribution in [2.24, 2.45) is 0 Å². The number of carbonyl (C=O) groups excluding carboxylic acids is 1. The third kappa shape index (κ3) is 1.40. The summed E-state index contributed by atoms with van der Waals surface area (Å²) in [7, 11) is 0. The van der Waals surface area contributed by atoms with Gasteiger partial charge in [-0.05, 0) is 37.1 Å². The Morgan fingerprint density at radius 2 is 1.93 bits per heavy atom. The lowest BCUT2D eigenvalue weighted by Crippen LogP contribution is -1.85. The summed E-state index contributed by atoms with van der Waals surface area (Å²) in [4.78, 5) is 11.1. The van der Waals surface area contributed by atoms with Gasteiger partial charge in [0.05, 0.1) is 0 Å². The summed E-state index contributed by atoms with van der Waals surface area (Å²) in [6, 6.07) is 3.28. The second-order valence-electron chi connectivity index (χ2n) is 3.73. The molecule has 0 aliphatic carbocycles. The minimum Gasteiger partial charge on any atom is -0.508 e. The second-order valence-corrected chi connectivity index (χ2v) is 3.73. The molecule has 0 aliphatic rings. The molecule has 3 nitrogen and oxygen atoms in total. The molecule has 0 atom stereocenters. The van der Waals surface area contributed by atoms with E-state index in [0.717, 1.165) is 16.5 Å². The molecule has 1 aromatic heterocycles. The van der Waals surface area contributed by atoms with Crippen molar-refractivity contribution >= 4 is 16.8 Å². The normalized spacial score (nSPS) is 10.9. The molecule has 3 heteroatoms. The Balaban J connectivity index is 2.82. The van der Waals surface area contributed by atoms with Crippen LogP contribution in [0.15, 0.2) is 16.5 Å². The van der Waals surface area contributed by atoms with Crippen molar-refractivity contribution in [2.75, 3.05) is 0 Å². The molecule has 0 radical (unpaired) electrons. The lowest BCUT2D eigenvalue weighted by molar-refractivity contribution is 0.0989. The fraction of sp³-hybridized carbons (Fsp3) is 0.250. The Morgan fingerprint density at radius 3 is 2.53 bits per heavy atom. The molecule has 0 unspecified atom stereocenters. The van der Waals surface area contributed by atoms with E-state index in [2.05, 4.69) is 0 Å². The van der Waals surface area contributed by atoms with Gasteiger partial charge in [-0.15, -0.1) is 0 Å². The molecule has 0 fully saturated rings. The molecule has 1 aromatic carbocycles. The number of fused-ring (bicyclic) bond motifs is 1. The van der Waals surface area contributed by atoms with Crippen molar-refractivity contribution in [3.05, 3.63) is 29.0 Å². The first-order valence-electron chi connectivity index (χ1n) is 4.74. The number of aryl methyl sites for hydroxylation is 1. The Hall–Kier alpha value is -1.77. The molecule has 0 aliphatic heterocycles. The molecule has 2 rings (SSSR count). The average Bonchev–Trinajstić information content (AvgIpc) is 2.58.